The molecule has 0 spiro atoms. The predicted molar refractivity (Wildman–Crippen MR) is 364 cm³/mol. The summed E-state index contributed by atoms with van der Waals surface area (Å²) >= 11 is 0. The van der Waals surface area contributed by atoms with Gasteiger partial charge in [-0.1, -0.05) is 251 Å². The van der Waals surface area contributed by atoms with E-state index in [1.165, 1.54) is 122 Å². The number of benzene rings is 11. The number of hydrogen-bond acceptors (Lipinski definition) is 2. The van der Waals surface area contributed by atoms with Crippen LogP contribution in [0.5, 0.6) is 11.5 Å². The minimum absolute atomic E-state index is 0.0603. The van der Waals surface area contributed by atoms with Gasteiger partial charge in [-0.3, -0.25) is 0 Å². The first kappa shape index (κ1) is 55.7. The number of para-hydroxylation sites is 1. The van der Waals surface area contributed by atoms with Crippen LogP contribution in [0, 0.1) is 96.9 Å². The van der Waals surface area contributed by atoms with E-state index >= 15 is 0 Å². The highest BCUT2D eigenvalue weighted by molar-refractivity contribution is 6.97. The van der Waals surface area contributed by atoms with Gasteiger partial charge in [0.1, 0.15) is 11.5 Å². The van der Waals surface area contributed by atoms with E-state index in [1.54, 1.807) is 0 Å². The minimum atomic E-state index is -0.0603. The Hall–Kier alpha value is -8.85. The Morgan fingerprint density at radius 1 is 0.262 bits per heavy atom. The molecule has 2 nitrogen and oxygen atoms in total. The van der Waals surface area contributed by atoms with Crippen molar-refractivity contribution in [1.82, 2.24) is 0 Å². The maximum atomic E-state index is 7.84. The highest BCUT2D eigenvalue weighted by Gasteiger charge is 2.34. The van der Waals surface area contributed by atoms with Gasteiger partial charge in [0.15, 0.2) is 0 Å². The second kappa shape index (κ2) is 22.4. The molecule has 12 rings (SSSR count). The zero-order valence-corrected chi connectivity index (χ0v) is 51.6. The van der Waals surface area contributed by atoms with Crippen molar-refractivity contribution < 1.29 is 4.74 Å². The van der Waals surface area contributed by atoms with Crippen molar-refractivity contribution in [3.8, 4) is 56.0 Å². The van der Waals surface area contributed by atoms with E-state index in [2.05, 4.69) is 302 Å². The summed E-state index contributed by atoms with van der Waals surface area (Å²) in [6.07, 6.45) is 0. The van der Waals surface area contributed by atoms with Gasteiger partial charge in [-0.25, -0.2) is 0 Å². The Morgan fingerprint density at radius 2 is 0.583 bits per heavy atom. The van der Waals surface area contributed by atoms with Crippen molar-refractivity contribution in [2.75, 3.05) is 4.90 Å². The third-order valence-electron chi connectivity index (χ3n) is 18.0. The molecule has 1 aliphatic rings. The van der Waals surface area contributed by atoms with Crippen LogP contribution in [-0.2, 0) is 0 Å². The van der Waals surface area contributed by atoms with Crippen molar-refractivity contribution in [1.29, 1.82) is 0 Å². The van der Waals surface area contributed by atoms with E-state index in [0.29, 0.717) is 0 Å². The van der Waals surface area contributed by atoms with Crippen LogP contribution in [0.15, 0.2) is 200 Å². The quantitative estimate of drug-likeness (QED) is 0.134. The molecule has 1 aliphatic heterocycles. The Kier molecular flexibility index (Phi) is 14.8. The zero-order chi connectivity index (χ0) is 58.8. The van der Waals surface area contributed by atoms with Crippen molar-refractivity contribution in [2.45, 2.75) is 96.9 Å². The normalized spacial score (nSPS) is 11.8. The third-order valence-corrected chi connectivity index (χ3v) is 18.0. The monoisotopic (exact) mass is 1090 g/mol. The van der Waals surface area contributed by atoms with E-state index in [-0.39, 0.29) is 13.4 Å². The molecule has 0 amide bonds. The van der Waals surface area contributed by atoms with Crippen LogP contribution in [0.1, 0.15) is 77.9 Å². The summed E-state index contributed by atoms with van der Waals surface area (Å²) in [5.41, 5.74) is 37.8. The molecule has 412 valence electrons. The lowest BCUT2D eigenvalue weighted by Gasteiger charge is -2.33. The molecule has 0 atom stereocenters. The molecule has 11 aromatic rings. The summed E-state index contributed by atoms with van der Waals surface area (Å²) in [6.45, 7) is 31.6. The fraction of sp³-hybridized carbons (Fsp3) is 0.175. The van der Waals surface area contributed by atoms with Crippen molar-refractivity contribution >= 4 is 63.3 Å². The average Bonchev–Trinajstić information content (AvgIpc) is 1.22. The summed E-state index contributed by atoms with van der Waals surface area (Å²) in [5.74, 6) is 1.59. The molecule has 0 radical (unpaired) electrons. The van der Waals surface area contributed by atoms with Gasteiger partial charge in [0, 0.05) is 27.9 Å². The fourth-order valence-electron chi connectivity index (χ4n) is 14.7. The van der Waals surface area contributed by atoms with Gasteiger partial charge in [0.05, 0.1) is 11.4 Å². The first-order valence-electron chi connectivity index (χ1n) is 29.9. The summed E-state index contributed by atoms with van der Waals surface area (Å²) in [6, 6.07) is 75.8. The van der Waals surface area contributed by atoms with Gasteiger partial charge >= 0.3 is 0 Å². The van der Waals surface area contributed by atoms with Crippen LogP contribution < -0.4 is 42.4 Å². The summed E-state index contributed by atoms with van der Waals surface area (Å²) < 4.78 is 7.84. The van der Waals surface area contributed by atoms with Crippen LogP contribution in [0.2, 0.25) is 0 Å². The van der Waals surface area contributed by atoms with E-state index in [0.717, 1.165) is 61.9 Å². The Morgan fingerprint density at radius 3 is 0.917 bits per heavy atom. The van der Waals surface area contributed by atoms with Gasteiger partial charge in [0.25, 0.3) is 0 Å². The molecule has 0 bridgehead atoms. The third kappa shape index (κ3) is 10.2. The van der Waals surface area contributed by atoms with E-state index in [9.17, 15) is 0 Å². The Labute approximate surface area is 501 Å². The average molecular weight is 1090 g/mol. The standard InChI is InChI=1S/C80H75B2NO/c1-48-36-54(7)77(55(8)37-48)81(78-56(9)38-49(2)39-57(78)10)64-30-34-75-71(46-64)69-44-62(67-26-20-18-22-52(67)5)28-32-73(69)83(66-24-16-15-17-25-66)74-33-29-63(68-27-21-19-23-53(68)6)45-70(74)72-47-65(31-35-76(72)84-75)82(79-58(11)40-50(3)41-59(79)12)80-60(13)42-51(4)43-61(80)14/h15-47H,1-14H3. The number of fused-ring (bicyclic) bond motifs is 6. The molecule has 84 heavy (non-hydrogen) atoms. The number of ether oxygens (including phenoxy) is 1. The van der Waals surface area contributed by atoms with Gasteiger partial charge in [-0.05, 0) is 179 Å². The molecule has 0 aromatic heterocycles. The Bertz CT molecular complexity index is 3940. The molecule has 0 saturated carbocycles. The molecular formula is C80H75B2NO. The smallest absolute Gasteiger partial charge is 0.242 e. The molecule has 0 aliphatic carbocycles. The van der Waals surface area contributed by atoms with Crippen molar-refractivity contribution in [3.05, 3.63) is 278 Å². The molecule has 4 heteroatoms. The largest absolute Gasteiger partial charge is 0.456 e. The van der Waals surface area contributed by atoms with Gasteiger partial charge < -0.3 is 9.64 Å². The van der Waals surface area contributed by atoms with E-state index < -0.39 is 0 Å². The molecule has 0 saturated heterocycles. The summed E-state index contributed by atoms with van der Waals surface area (Å²) in [4.78, 5) is 2.52. The molecule has 0 unspecified atom stereocenters. The maximum absolute atomic E-state index is 7.84. The second-order valence-corrected chi connectivity index (χ2v) is 24.5. The van der Waals surface area contributed by atoms with Crippen molar-refractivity contribution in [2.24, 2.45) is 0 Å². The van der Waals surface area contributed by atoms with E-state index in [4.69, 9.17) is 4.74 Å². The lowest BCUT2D eigenvalue weighted by atomic mass is 9.34. The topological polar surface area (TPSA) is 12.5 Å². The predicted octanol–water partition coefficient (Wildman–Crippen LogP) is 17.3. The van der Waals surface area contributed by atoms with Crippen LogP contribution in [0.25, 0.3) is 44.5 Å². The van der Waals surface area contributed by atoms with Gasteiger partial charge in [0.2, 0.25) is 13.4 Å². The highest BCUT2D eigenvalue weighted by atomic mass is 16.5. The first-order valence-corrected chi connectivity index (χ1v) is 29.9. The lowest BCUT2D eigenvalue weighted by Crippen LogP contribution is -2.56. The summed E-state index contributed by atoms with van der Waals surface area (Å²) in [5, 5.41) is 0. The molecule has 1 heterocycles. The van der Waals surface area contributed by atoms with Crippen LogP contribution >= 0.6 is 0 Å². The van der Waals surface area contributed by atoms with E-state index in [1.807, 2.05) is 0 Å². The number of aryl methyl sites for hydroxylation is 14. The molecule has 0 N–H and O–H groups in total. The van der Waals surface area contributed by atoms with Crippen LogP contribution in [0.4, 0.5) is 17.1 Å². The van der Waals surface area contributed by atoms with Crippen molar-refractivity contribution in [3.63, 3.8) is 0 Å². The molecule has 11 aromatic carbocycles. The number of anilines is 3. The highest BCUT2D eigenvalue weighted by Crippen LogP contribution is 2.52. The number of nitrogens with zero attached hydrogens (tertiary/aromatic N) is 1. The molecule has 0 fully saturated rings. The lowest BCUT2D eigenvalue weighted by molar-refractivity contribution is 0.486. The SMILES string of the molecule is Cc1cc(C)c(B(c2ccc3c(c2)-c2cc(-c4ccccc4C)ccc2N(c2ccccc2)c2ccc(-c4ccccc4C)cc2-c2cc(B(c4c(C)cc(C)cc4C)c4c(C)cc(C)cc4C)ccc2O3)c2c(C)cc(C)cc2C)c(C)c1. The Balaban J connectivity index is 1.22. The summed E-state index contributed by atoms with van der Waals surface area (Å²) in [7, 11) is 0. The first-order chi connectivity index (χ1) is 40.4. The molecular weight excluding hydrogens is 1010 g/mol. The van der Waals surface area contributed by atoms with Gasteiger partial charge in [-0.15, -0.1) is 0 Å². The van der Waals surface area contributed by atoms with Crippen LogP contribution in [0.3, 0.4) is 0 Å². The number of hydrogen-bond donors (Lipinski definition) is 0. The van der Waals surface area contributed by atoms with Crippen LogP contribution in [-0.4, -0.2) is 13.4 Å². The van der Waals surface area contributed by atoms with Gasteiger partial charge in [-0.2, -0.15) is 0 Å². The maximum Gasteiger partial charge on any atom is 0.242 e. The number of rotatable bonds is 9. The second-order valence-electron chi connectivity index (χ2n) is 24.5. The zero-order valence-electron chi connectivity index (χ0n) is 51.6. The minimum Gasteiger partial charge on any atom is -0.456 e. The fourth-order valence-corrected chi connectivity index (χ4v) is 14.7.